The highest BCUT2D eigenvalue weighted by Crippen LogP contribution is 2.25. The molecule has 1 aromatic rings. The van der Waals surface area contributed by atoms with Crippen molar-refractivity contribution in [1.29, 1.82) is 0 Å². The molecule has 1 N–H and O–H groups in total. The number of rotatable bonds is 6. The molecule has 0 bridgehead atoms. The highest BCUT2D eigenvalue weighted by atomic mass is 16.6. The summed E-state index contributed by atoms with van der Waals surface area (Å²) in [6.45, 7) is 5.23. The van der Waals surface area contributed by atoms with Gasteiger partial charge in [-0.05, 0) is 6.07 Å². The zero-order chi connectivity index (χ0) is 13.5. The molecule has 1 aliphatic rings. The highest BCUT2D eigenvalue weighted by molar-refractivity contribution is 5.45. The van der Waals surface area contributed by atoms with Gasteiger partial charge in [0.1, 0.15) is 13.1 Å². The van der Waals surface area contributed by atoms with Crippen LogP contribution in [-0.2, 0) is 4.74 Å². The van der Waals surface area contributed by atoms with Crippen molar-refractivity contribution < 1.29 is 19.3 Å². The number of nitrogens with zero attached hydrogens (tertiary/aromatic N) is 1. The largest absolute Gasteiger partial charge is 0.487 e. The summed E-state index contributed by atoms with van der Waals surface area (Å²) in [5.41, 5.74) is 0.0289. The minimum absolute atomic E-state index is 0.0289. The molecule has 0 aromatic heterocycles. The predicted molar refractivity (Wildman–Crippen MR) is 69.6 cm³/mol. The van der Waals surface area contributed by atoms with Crippen LogP contribution in [0.15, 0.2) is 24.3 Å². The van der Waals surface area contributed by atoms with E-state index >= 15 is 0 Å². The van der Waals surface area contributed by atoms with E-state index in [1.54, 1.807) is 18.2 Å². The number of hydrogen-bond acceptors (Lipinski definition) is 4. The number of quaternary nitrogens is 1. The Hall–Kier alpha value is -1.66. The third kappa shape index (κ3) is 4.18. The van der Waals surface area contributed by atoms with Crippen molar-refractivity contribution in [3.63, 3.8) is 0 Å². The van der Waals surface area contributed by atoms with E-state index in [2.05, 4.69) is 0 Å². The van der Waals surface area contributed by atoms with Crippen LogP contribution >= 0.6 is 0 Å². The first-order valence-corrected chi connectivity index (χ1v) is 6.55. The number of nitro groups is 1. The van der Waals surface area contributed by atoms with Crippen molar-refractivity contribution in [3.8, 4) is 5.75 Å². The Labute approximate surface area is 112 Å². The second kappa shape index (κ2) is 7.06. The van der Waals surface area contributed by atoms with Gasteiger partial charge in [0.2, 0.25) is 0 Å². The molecule has 0 aliphatic carbocycles. The van der Waals surface area contributed by atoms with Crippen LogP contribution in [0.25, 0.3) is 0 Å². The number of para-hydroxylation sites is 2. The molecule has 6 nitrogen and oxygen atoms in total. The number of benzene rings is 1. The summed E-state index contributed by atoms with van der Waals surface area (Å²) in [7, 11) is 0. The van der Waals surface area contributed by atoms with Crippen LogP contribution in [0, 0.1) is 10.1 Å². The molecule has 0 spiro atoms. The molecule has 1 saturated heterocycles. The van der Waals surface area contributed by atoms with Crippen LogP contribution in [0.5, 0.6) is 5.75 Å². The molecule has 1 aliphatic heterocycles. The maximum atomic E-state index is 10.8. The van der Waals surface area contributed by atoms with Crippen LogP contribution in [-0.4, -0.2) is 44.4 Å². The minimum Gasteiger partial charge on any atom is -0.487 e. The fourth-order valence-corrected chi connectivity index (χ4v) is 2.14. The zero-order valence-corrected chi connectivity index (χ0v) is 10.8. The Kier molecular flexibility index (Phi) is 5.11. The third-order valence-corrected chi connectivity index (χ3v) is 3.19. The van der Waals surface area contributed by atoms with Crippen LogP contribution in [0.2, 0.25) is 0 Å². The smallest absolute Gasteiger partial charge is 0.310 e. The first-order chi connectivity index (χ1) is 9.27. The molecule has 1 aromatic carbocycles. The van der Waals surface area contributed by atoms with Gasteiger partial charge < -0.3 is 14.4 Å². The molecule has 0 amide bonds. The number of ether oxygens (including phenoxy) is 2. The summed E-state index contributed by atoms with van der Waals surface area (Å²) in [5, 5.41) is 10.8. The zero-order valence-electron chi connectivity index (χ0n) is 10.8. The standard InChI is InChI=1S/C13H18N2O4/c16-15(17)12-4-1-2-5-13(12)19-9-3-6-14-7-10-18-11-8-14/h1-2,4-5H,3,6-11H2/p+1. The summed E-state index contributed by atoms with van der Waals surface area (Å²) < 4.78 is 10.8. The van der Waals surface area contributed by atoms with Gasteiger partial charge >= 0.3 is 5.69 Å². The quantitative estimate of drug-likeness (QED) is 0.457. The third-order valence-electron chi connectivity index (χ3n) is 3.19. The monoisotopic (exact) mass is 267 g/mol. The van der Waals surface area contributed by atoms with Gasteiger partial charge in [-0.2, -0.15) is 0 Å². The van der Waals surface area contributed by atoms with Crippen LogP contribution in [0.4, 0.5) is 5.69 Å². The molecular weight excluding hydrogens is 248 g/mol. The average Bonchev–Trinajstić information content (AvgIpc) is 2.45. The normalized spacial score (nSPS) is 16.2. The molecule has 104 valence electrons. The fourth-order valence-electron chi connectivity index (χ4n) is 2.14. The highest BCUT2D eigenvalue weighted by Gasteiger charge is 2.15. The van der Waals surface area contributed by atoms with Gasteiger partial charge in [0.05, 0.1) is 31.3 Å². The molecule has 19 heavy (non-hydrogen) atoms. The summed E-state index contributed by atoms with van der Waals surface area (Å²) in [6, 6.07) is 6.49. The van der Waals surface area contributed by atoms with Gasteiger partial charge in [0.25, 0.3) is 0 Å². The van der Waals surface area contributed by atoms with Crippen molar-refractivity contribution in [2.75, 3.05) is 39.5 Å². The molecule has 6 heteroatoms. The van der Waals surface area contributed by atoms with Crippen molar-refractivity contribution in [2.24, 2.45) is 0 Å². The summed E-state index contributed by atoms with van der Waals surface area (Å²) in [5.74, 6) is 0.351. The van der Waals surface area contributed by atoms with E-state index in [1.165, 1.54) is 11.0 Å². The van der Waals surface area contributed by atoms with Gasteiger partial charge in [-0.25, -0.2) is 0 Å². The minimum atomic E-state index is -0.414. The van der Waals surface area contributed by atoms with Gasteiger partial charge in [-0.1, -0.05) is 12.1 Å². The summed E-state index contributed by atoms with van der Waals surface area (Å²) in [4.78, 5) is 11.9. The second-order valence-corrected chi connectivity index (χ2v) is 4.54. The topological polar surface area (TPSA) is 66.0 Å². The van der Waals surface area contributed by atoms with Crippen LogP contribution in [0.3, 0.4) is 0 Å². The summed E-state index contributed by atoms with van der Waals surface area (Å²) in [6.07, 6.45) is 0.890. The lowest BCUT2D eigenvalue weighted by molar-refractivity contribution is -0.908. The van der Waals surface area contributed by atoms with Crippen molar-refractivity contribution in [2.45, 2.75) is 6.42 Å². The first kappa shape index (κ1) is 13.8. The van der Waals surface area contributed by atoms with Gasteiger partial charge in [-0.15, -0.1) is 0 Å². The predicted octanol–water partition coefficient (Wildman–Crippen LogP) is 0.279. The Morgan fingerprint density at radius 1 is 1.32 bits per heavy atom. The maximum Gasteiger partial charge on any atom is 0.310 e. The van der Waals surface area contributed by atoms with Gasteiger partial charge in [-0.3, -0.25) is 10.1 Å². The van der Waals surface area contributed by atoms with E-state index in [9.17, 15) is 10.1 Å². The van der Waals surface area contributed by atoms with Crippen LogP contribution in [0.1, 0.15) is 6.42 Å². The molecule has 0 radical (unpaired) electrons. The summed E-state index contributed by atoms with van der Waals surface area (Å²) >= 11 is 0. The van der Waals surface area contributed by atoms with E-state index in [-0.39, 0.29) is 5.69 Å². The number of hydrogen-bond donors (Lipinski definition) is 1. The van der Waals surface area contributed by atoms with Crippen LogP contribution < -0.4 is 9.64 Å². The Bertz CT molecular complexity index is 419. The molecule has 0 atom stereocenters. The van der Waals surface area contributed by atoms with E-state index in [0.29, 0.717) is 12.4 Å². The van der Waals surface area contributed by atoms with Crippen molar-refractivity contribution in [3.05, 3.63) is 34.4 Å². The Balaban J connectivity index is 1.74. The number of morpholine rings is 1. The Morgan fingerprint density at radius 2 is 2.05 bits per heavy atom. The van der Waals surface area contributed by atoms with E-state index in [1.807, 2.05) is 0 Å². The van der Waals surface area contributed by atoms with Crippen molar-refractivity contribution >= 4 is 5.69 Å². The SMILES string of the molecule is O=[N+]([O-])c1ccccc1OCCC[NH+]1CCOCC1. The molecular formula is C13H19N2O4+. The number of nitrogens with one attached hydrogen (secondary N) is 1. The van der Waals surface area contributed by atoms with E-state index < -0.39 is 4.92 Å². The second-order valence-electron chi connectivity index (χ2n) is 4.54. The fraction of sp³-hybridized carbons (Fsp3) is 0.538. The molecule has 1 fully saturated rings. The van der Waals surface area contributed by atoms with E-state index in [0.717, 1.165) is 39.3 Å². The lowest BCUT2D eigenvalue weighted by Gasteiger charge is -2.23. The molecule has 0 unspecified atom stereocenters. The number of nitro benzene ring substituents is 1. The van der Waals surface area contributed by atoms with E-state index in [4.69, 9.17) is 9.47 Å². The average molecular weight is 267 g/mol. The first-order valence-electron chi connectivity index (χ1n) is 6.55. The molecule has 0 saturated carbocycles. The molecule has 1 heterocycles. The Morgan fingerprint density at radius 3 is 2.79 bits per heavy atom. The lowest BCUT2D eigenvalue weighted by Crippen LogP contribution is -3.14. The van der Waals surface area contributed by atoms with Crippen molar-refractivity contribution in [1.82, 2.24) is 0 Å². The van der Waals surface area contributed by atoms with Gasteiger partial charge in [0, 0.05) is 12.5 Å². The van der Waals surface area contributed by atoms with Gasteiger partial charge in [0.15, 0.2) is 5.75 Å². The molecule has 2 rings (SSSR count). The lowest BCUT2D eigenvalue weighted by atomic mass is 10.3. The maximum absolute atomic E-state index is 10.8.